The molecule has 30 heavy (non-hydrogen) atoms. The Labute approximate surface area is 182 Å². The van der Waals surface area contributed by atoms with Gasteiger partial charge in [0.2, 0.25) is 15.9 Å². The van der Waals surface area contributed by atoms with Gasteiger partial charge in [0, 0.05) is 19.0 Å². The predicted molar refractivity (Wildman–Crippen MR) is 116 cm³/mol. The van der Waals surface area contributed by atoms with Crippen molar-refractivity contribution in [2.24, 2.45) is 5.92 Å². The number of benzene rings is 2. The standard InChI is InChI=1S/C21H25ClN2O5S/c1-3-29-19-9-8-16(14-17(19)22)30(26,27)24-12-10-15(11-13-24)21(25)23-18-6-4-5-7-20(18)28-2/h4-9,14-15H,3,10-13H2,1-2H3,(H,23,25). The van der Waals surface area contributed by atoms with Gasteiger partial charge in [-0.05, 0) is 50.1 Å². The van der Waals surface area contributed by atoms with Crippen LogP contribution in [0.25, 0.3) is 0 Å². The topological polar surface area (TPSA) is 84.9 Å². The molecule has 1 aliphatic rings. The van der Waals surface area contributed by atoms with Gasteiger partial charge in [0.05, 0.1) is 29.3 Å². The van der Waals surface area contributed by atoms with Crippen LogP contribution in [0.1, 0.15) is 19.8 Å². The maximum Gasteiger partial charge on any atom is 0.243 e. The van der Waals surface area contributed by atoms with Crippen molar-refractivity contribution < 1.29 is 22.7 Å². The second kappa shape index (κ2) is 9.68. The number of anilines is 1. The Hall–Kier alpha value is -2.29. The molecule has 1 fully saturated rings. The summed E-state index contributed by atoms with van der Waals surface area (Å²) < 4.78 is 38.0. The number of halogens is 1. The first-order chi connectivity index (χ1) is 14.4. The predicted octanol–water partition coefficient (Wildman–Crippen LogP) is 3.79. The number of carbonyl (C=O) groups excluding carboxylic acids is 1. The number of rotatable bonds is 7. The fourth-order valence-corrected chi connectivity index (χ4v) is 5.20. The Morgan fingerprint density at radius 2 is 1.87 bits per heavy atom. The SMILES string of the molecule is CCOc1ccc(S(=O)(=O)N2CCC(C(=O)Nc3ccccc3OC)CC2)cc1Cl. The van der Waals surface area contributed by atoms with Gasteiger partial charge >= 0.3 is 0 Å². The minimum absolute atomic E-state index is 0.118. The number of methoxy groups -OCH3 is 1. The Bertz CT molecular complexity index is 1000. The molecule has 0 unspecified atom stereocenters. The van der Waals surface area contributed by atoms with Crippen molar-refractivity contribution in [1.82, 2.24) is 4.31 Å². The van der Waals surface area contributed by atoms with Gasteiger partial charge in [0.15, 0.2) is 0 Å². The van der Waals surface area contributed by atoms with Crippen molar-refractivity contribution in [3.63, 3.8) is 0 Å². The van der Waals surface area contributed by atoms with Crippen LogP contribution in [0, 0.1) is 5.92 Å². The first-order valence-corrected chi connectivity index (χ1v) is 11.5. The summed E-state index contributed by atoms with van der Waals surface area (Å²) in [5, 5.41) is 3.13. The minimum atomic E-state index is -3.69. The molecule has 2 aromatic rings. The summed E-state index contributed by atoms with van der Waals surface area (Å²) in [6.07, 6.45) is 0.871. The zero-order valence-electron chi connectivity index (χ0n) is 16.9. The largest absolute Gasteiger partial charge is 0.495 e. The fourth-order valence-electron chi connectivity index (χ4n) is 3.40. The number of carbonyl (C=O) groups is 1. The Morgan fingerprint density at radius 3 is 2.50 bits per heavy atom. The molecule has 1 amide bonds. The molecule has 0 spiro atoms. The van der Waals surface area contributed by atoms with E-state index in [9.17, 15) is 13.2 Å². The molecule has 1 aliphatic heterocycles. The first kappa shape index (κ1) is 22.4. The van der Waals surface area contributed by atoms with Crippen LogP contribution < -0.4 is 14.8 Å². The molecular formula is C21H25ClN2O5S. The molecular weight excluding hydrogens is 428 g/mol. The minimum Gasteiger partial charge on any atom is -0.495 e. The molecule has 1 saturated heterocycles. The zero-order chi connectivity index (χ0) is 21.7. The number of ether oxygens (including phenoxy) is 2. The van der Waals surface area contributed by atoms with Crippen molar-refractivity contribution in [1.29, 1.82) is 0 Å². The van der Waals surface area contributed by atoms with Crippen molar-refractivity contribution in [3.05, 3.63) is 47.5 Å². The average molecular weight is 453 g/mol. The summed E-state index contributed by atoms with van der Waals surface area (Å²) >= 11 is 6.15. The van der Waals surface area contributed by atoms with Crippen LogP contribution in [-0.4, -0.2) is 45.4 Å². The zero-order valence-corrected chi connectivity index (χ0v) is 18.5. The molecule has 0 bridgehead atoms. The lowest BCUT2D eigenvalue weighted by atomic mass is 9.97. The van der Waals surface area contributed by atoms with Crippen molar-refractivity contribution in [2.45, 2.75) is 24.7 Å². The van der Waals surface area contributed by atoms with E-state index >= 15 is 0 Å². The highest BCUT2D eigenvalue weighted by Crippen LogP contribution is 2.31. The van der Waals surface area contributed by atoms with Crippen molar-refractivity contribution in [2.75, 3.05) is 32.1 Å². The smallest absolute Gasteiger partial charge is 0.243 e. The molecule has 3 rings (SSSR count). The number of amides is 1. The summed E-state index contributed by atoms with van der Waals surface area (Å²) in [5.41, 5.74) is 0.601. The molecule has 1 N–H and O–H groups in total. The van der Waals surface area contributed by atoms with Gasteiger partial charge in [0.25, 0.3) is 0 Å². The second-order valence-electron chi connectivity index (χ2n) is 6.89. The first-order valence-electron chi connectivity index (χ1n) is 9.73. The van der Waals surface area contributed by atoms with E-state index in [1.54, 1.807) is 25.3 Å². The lowest BCUT2D eigenvalue weighted by molar-refractivity contribution is -0.120. The van der Waals surface area contributed by atoms with Crippen LogP contribution in [0.15, 0.2) is 47.4 Å². The molecule has 162 valence electrons. The number of hydrogen-bond acceptors (Lipinski definition) is 5. The number of para-hydroxylation sites is 2. The van der Waals surface area contributed by atoms with Crippen LogP contribution in [0.3, 0.4) is 0 Å². The summed E-state index contributed by atoms with van der Waals surface area (Å²) in [7, 11) is -2.15. The van der Waals surface area contributed by atoms with Gasteiger partial charge in [0.1, 0.15) is 11.5 Å². The Balaban J connectivity index is 1.64. The summed E-state index contributed by atoms with van der Waals surface area (Å²) in [6.45, 7) is 2.79. The average Bonchev–Trinajstić information content (AvgIpc) is 2.75. The highest BCUT2D eigenvalue weighted by Gasteiger charge is 2.32. The van der Waals surface area contributed by atoms with Gasteiger partial charge < -0.3 is 14.8 Å². The third-order valence-corrected chi connectivity index (χ3v) is 7.22. The van der Waals surface area contributed by atoms with Crippen molar-refractivity contribution >= 4 is 33.2 Å². The monoisotopic (exact) mass is 452 g/mol. The second-order valence-corrected chi connectivity index (χ2v) is 9.24. The lowest BCUT2D eigenvalue weighted by Crippen LogP contribution is -2.41. The fraction of sp³-hybridized carbons (Fsp3) is 0.381. The molecule has 0 atom stereocenters. The molecule has 1 heterocycles. The number of sulfonamides is 1. The quantitative estimate of drug-likeness (QED) is 0.690. The van der Waals surface area contributed by atoms with E-state index in [0.717, 1.165) is 0 Å². The highest BCUT2D eigenvalue weighted by atomic mass is 35.5. The van der Waals surface area contributed by atoms with Gasteiger partial charge in [-0.2, -0.15) is 4.31 Å². The summed E-state index contributed by atoms with van der Waals surface area (Å²) in [6, 6.07) is 11.6. The van der Waals surface area contributed by atoms with Gasteiger partial charge in [-0.1, -0.05) is 23.7 Å². The van der Waals surface area contributed by atoms with E-state index in [2.05, 4.69) is 5.32 Å². The number of piperidine rings is 1. The molecule has 0 radical (unpaired) electrons. The number of hydrogen-bond donors (Lipinski definition) is 1. The van der Waals surface area contributed by atoms with E-state index in [4.69, 9.17) is 21.1 Å². The Morgan fingerprint density at radius 1 is 1.17 bits per heavy atom. The summed E-state index contributed by atoms with van der Waals surface area (Å²) in [4.78, 5) is 12.8. The van der Waals surface area contributed by atoms with Gasteiger partial charge in [-0.25, -0.2) is 8.42 Å². The third kappa shape index (κ3) is 4.88. The van der Waals surface area contributed by atoms with Crippen LogP contribution in [0.2, 0.25) is 5.02 Å². The molecule has 7 nitrogen and oxygen atoms in total. The van der Waals surface area contributed by atoms with E-state index < -0.39 is 10.0 Å². The van der Waals surface area contributed by atoms with Crippen molar-refractivity contribution in [3.8, 4) is 11.5 Å². The van der Waals surface area contributed by atoms with E-state index in [0.29, 0.717) is 36.6 Å². The lowest BCUT2D eigenvalue weighted by Gasteiger charge is -2.30. The normalized spacial score (nSPS) is 15.6. The van der Waals surface area contributed by atoms with Crippen LogP contribution in [0.4, 0.5) is 5.69 Å². The number of nitrogens with zero attached hydrogens (tertiary/aromatic N) is 1. The van der Waals surface area contributed by atoms with Crippen LogP contribution in [-0.2, 0) is 14.8 Å². The third-order valence-electron chi connectivity index (χ3n) is 5.03. The Kier molecular flexibility index (Phi) is 7.23. The molecule has 0 aliphatic carbocycles. The van der Waals surface area contributed by atoms with Gasteiger partial charge in [-0.3, -0.25) is 4.79 Å². The van der Waals surface area contributed by atoms with Gasteiger partial charge in [-0.15, -0.1) is 0 Å². The maximum atomic E-state index is 13.0. The number of nitrogens with one attached hydrogen (secondary N) is 1. The van der Waals surface area contributed by atoms with E-state index in [1.807, 2.05) is 19.1 Å². The van der Waals surface area contributed by atoms with E-state index in [-0.39, 0.29) is 34.8 Å². The molecule has 9 heteroatoms. The molecule has 0 saturated carbocycles. The van der Waals surface area contributed by atoms with Crippen LogP contribution >= 0.6 is 11.6 Å². The molecule has 2 aromatic carbocycles. The van der Waals surface area contributed by atoms with Crippen LogP contribution in [0.5, 0.6) is 11.5 Å². The highest BCUT2D eigenvalue weighted by molar-refractivity contribution is 7.89. The molecule has 0 aromatic heterocycles. The maximum absolute atomic E-state index is 13.0. The summed E-state index contributed by atoms with van der Waals surface area (Å²) in [5.74, 6) is 0.619. The van der Waals surface area contributed by atoms with E-state index in [1.165, 1.54) is 16.4 Å².